The largest absolute Gasteiger partial charge is 0.508 e. The zero-order chi connectivity index (χ0) is 29.0. The molecule has 0 saturated carbocycles. The molecule has 5 heteroatoms. The maximum absolute atomic E-state index is 12.2. The summed E-state index contributed by atoms with van der Waals surface area (Å²) in [6.45, 7) is 14.8. The van der Waals surface area contributed by atoms with Crippen LogP contribution in [-0.4, -0.2) is 43.7 Å². The van der Waals surface area contributed by atoms with Crippen LogP contribution in [0.1, 0.15) is 176 Å². The molecule has 38 heavy (non-hydrogen) atoms. The van der Waals surface area contributed by atoms with Gasteiger partial charge in [-0.1, -0.05) is 138 Å². The molecule has 0 aliphatic rings. The van der Waals surface area contributed by atoms with Gasteiger partial charge in [-0.2, -0.15) is 0 Å². The van der Waals surface area contributed by atoms with Gasteiger partial charge in [0.25, 0.3) is 0 Å². The van der Waals surface area contributed by atoms with E-state index < -0.39 is 6.16 Å². The number of aliphatic hydroxyl groups excluding tert-OH is 1. The zero-order valence-electron chi connectivity index (χ0n) is 26.9. The number of hydrogen-bond donors (Lipinski definition) is 2. The van der Waals surface area contributed by atoms with Crippen molar-refractivity contribution >= 4 is 6.16 Å². The van der Waals surface area contributed by atoms with Gasteiger partial charge in [-0.3, -0.25) is 0 Å². The lowest BCUT2D eigenvalue weighted by molar-refractivity contribution is 0.0154. The van der Waals surface area contributed by atoms with Crippen molar-refractivity contribution in [3.63, 3.8) is 0 Å². The molecule has 0 radical (unpaired) electrons. The van der Waals surface area contributed by atoms with Gasteiger partial charge in [-0.25, -0.2) is 4.79 Å². The summed E-state index contributed by atoms with van der Waals surface area (Å²) in [5, 5.41) is 11.9. The van der Waals surface area contributed by atoms with E-state index in [9.17, 15) is 4.79 Å². The number of rotatable bonds is 27. The molecule has 232 valence electrons. The minimum absolute atomic E-state index is 0.0216. The highest BCUT2D eigenvalue weighted by Crippen LogP contribution is 2.17. The predicted octanol–water partition coefficient (Wildman–Crippen LogP) is 10.4. The van der Waals surface area contributed by atoms with Crippen molar-refractivity contribution < 1.29 is 19.4 Å². The van der Waals surface area contributed by atoms with Gasteiger partial charge in [-0.05, 0) is 45.1 Å². The van der Waals surface area contributed by atoms with Crippen LogP contribution < -0.4 is 5.32 Å². The summed E-state index contributed by atoms with van der Waals surface area (Å²) in [5.41, 5.74) is 0. The van der Waals surface area contributed by atoms with Crippen LogP contribution in [0.4, 0.5) is 4.79 Å². The second kappa shape index (κ2) is 40.7. The lowest BCUT2D eigenvalue weighted by Crippen LogP contribution is -2.19. The van der Waals surface area contributed by atoms with Crippen LogP contribution in [0.3, 0.4) is 0 Å². The first-order valence-corrected chi connectivity index (χ1v) is 16.9. The molecule has 0 bridgehead atoms. The van der Waals surface area contributed by atoms with Gasteiger partial charge in [0, 0.05) is 6.54 Å². The average molecular weight is 546 g/mol. The van der Waals surface area contributed by atoms with Crippen LogP contribution in [-0.2, 0) is 9.47 Å². The highest BCUT2D eigenvalue weighted by atomic mass is 16.7. The normalized spacial score (nSPS) is 11.1. The van der Waals surface area contributed by atoms with Gasteiger partial charge in [0.15, 0.2) is 0 Å². The molecule has 0 aliphatic heterocycles. The van der Waals surface area contributed by atoms with Crippen molar-refractivity contribution in [2.75, 3.05) is 26.3 Å². The second-order valence-electron chi connectivity index (χ2n) is 9.90. The fourth-order valence-electron chi connectivity index (χ4n) is 4.33. The fraction of sp³-hybridized carbons (Fsp3) is 0.970. The molecule has 1 unspecified atom stereocenters. The molecule has 1 atom stereocenters. The van der Waals surface area contributed by atoms with Gasteiger partial charge >= 0.3 is 6.16 Å². The summed E-state index contributed by atoms with van der Waals surface area (Å²) in [4.78, 5) is 12.2. The lowest BCUT2D eigenvalue weighted by atomic mass is 10.0. The molecule has 0 heterocycles. The highest BCUT2D eigenvalue weighted by molar-refractivity contribution is 5.60. The van der Waals surface area contributed by atoms with E-state index in [1.165, 1.54) is 89.9 Å². The Bertz CT molecular complexity index is 406. The van der Waals surface area contributed by atoms with E-state index in [0.29, 0.717) is 13.2 Å². The molecule has 0 fully saturated rings. The first-order chi connectivity index (χ1) is 18.7. The molecular formula is C33H71NO4. The van der Waals surface area contributed by atoms with E-state index in [-0.39, 0.29) is 12.7 Å². The van der Waals surface area contributed by atoms with Crippen molar-refractivity contribution in [2.24, 2.45) is 0 Å². The van der Waals surface area contributed by atoms with Crippen LogP contribution >= 0.6 is 0 Å². The Morgan fingerprint density at radius 1 is 0.605 bits per heavy atom. The van der Waals surface area contributed by atoms with Gasteiger partial charge in [0.05, 0.1) is 13.2 Å². The number of carbonyl (C=O) groups excluding carboxylic acids is 1. The van der Waals surface area contributed by atoms with Gasteiger partial charge < -0.3 is 19.9 Å². The third kappa shape index (κ3) is 37.3. The second-order valence-corrected chi connectivity index (χ2v) is 9.90. The van der Waals surface area contributed by atoms with E-state index >= 15 is 0 Å². The Hall–Kier alpha value is -0.810. The zero-order valence-corrected chi connectivity index (χ0v) is 26.9. The van der Waals surface area contributed by atoms with E-state index in [1.54, 1.807) is 0 Å². The third-order valence-electron chi connectivity index (χ3n) is 6.53. The summed E-state index contributed by atoms with van der Waals surface area (Å²) < 4.78 is 11.1. The first kappa shape index (κ1) is 41.7. The highest BCUT2D eigenvalue weighted by Gasteiger charge is 2.15. The van der Waals surface area contributed by atoms with Gasteiger partial charge in [0.2, 0.25) is 0 Å². The van der Waals surface area contributed by atoms with Crippen molar-refractivity contribution in [3.8, 4) is 0 Å². The van der Waals surface area contributed by atoms with Gasteiger partial charge in [0.1, 0.15) is 6.10 Å². The topological polar surface area (TPSA) is 67.8 Å². The Balaban J connectivity index is -0.00000291. The average Bonchev–Trinajstić information content (AvgIpc) is 2.95. The molecule has 2 N–H and O–H groups in total. The first-order valence-electron chi connectivity index (χ1n) is 16.9. The van der Waals surface area contributed by atoms with Crippen molar-refractivity contribution in [2.45, 2.75) is 182 Å². The monoisotopic (exact) mass is 546 g/mol. The van der Waals surface area contributed by atoms with E-state index in [1.807, 2.05) is 27.7 Å². The van der Waals surface area contributed by atoms with Crippen LogP contribution in [0.25, 0.3) is 0 Å². The lowest BCUT2D eigenvalue weighted by Gasteiger charge is -2.18. The maximum atomic E-state index is 12.2. The fourth-order valence-corrected chi connectivity index (χ4v) is 4.33. The van der Waals surface area contributed by atoms with Gasteiger partial charge in [-0.15, -0.1) is 0 Å². The number of aliphatic hydroxyl groups is 1. The van der Waals surface area contributed by atoms with Crippen molar-refractivity contribution in [1.29, 1.82) is 0 Å². The Morgan fingerprint density at radius 3 is 1.53 bits per heavy atom. The SMILES string of the molecule is CC.CC.CCCCCCCCCCCC(CCCCCC)OC(=O)OCCCCCCCCNCCO. The Kier molecular flexibility index (Phi) is 44.6. The van der Waals surface area contributed by atoms with Crippen LogP contribution in [0.15, 0.2) is 0 Å². The van der Waals surface area contributed by atoms with Crippen LogP contribution in [0.2, 0.25) is 0 Å². The number of ether oxygens (including phenoxy) is 2. The number of unbranched alkanes of at least 4 members (excludes halogenated alkanes) is 16. The minimum Gasteiger partial charge on any atom is -0.434 e. The number of carbonyl (C=O) groups is 1. The standard InChI is InChI=1S/C29H59NO4.2C2H6/c1-3-5-7-9-10-11-12-15-19-23-28(22-18-8-6-4-2)34-29(32)33-27-21-17-14-13-16-20-24-30-25-26-31;2*1-2/h28,30-31H,3-27H2,1-2H3;2*1-2H3. The molecule has 0 aliphatic carbocycles. The molecule has 0 rings (SSSR count). The van der Waals surface area contributed by atoms with E-state index in [2.05, 4.69) is 19.2 Å². The minimum atomic E-state index is -0.466. The number of hydrogen-bond acceptors (Lipinski definition) is 5. The third-order valence-corrected chi connectivity index (χ3v) is 6.53. The van der Waals surface area contributed by atoms with E-state index in [0.717, 1.165) is 51.5 Å². The smallest absolute Gasteiger partial charge is 0.434 e. The Morgan fingerprint density at radius 2 is 1.03 bits per heavy atom. The summed E-state index contributed by atoms with van der Waals surface area (Å²) in [7, 11) is 0. The molecular weight excluding hydrogens is 474 g/mol. The summed E-state index contributed by atoms with van der Waals surface area (Å²) in [6.07, 6.45) is 25.0. The maximum Gasteiger partial charge on any atom is 0.508 e. The molecule has 0 aromatic rings. The molecule has 0 spiro atoms. The van der Waals surface area contributed by atoms with Crippen LogP contribution in [0, 0.1) is 0 Å². The molecule has 0 aromatic carbocycles. The van der Waals surface area contributed by atoms with E-state index in [4.69, 9.17) is 14.6 Å². The summed E-state index contributed by atoms with van der Waals surface area (Å²) in [5.74, 6) is 0. The van der Waals surface area contributed by atoms with Crippen molar-refractivity contribution in [1.82, 2.24) is 5.32 Å². The molecule has 0 aromatic heterocycles. The molecule has 0 saturated heterocycles. The molecule has 0 amide bonds. The summed E-state index contributed by atoms with van der Waals surface area (Å²) in [6, 6.07) is 0. The summed E-state index contributed by atoms with van der Waals surface area (Å²) >= 11 is 0. The predicted molar refractivity (Wildman–Crippen MR) is 167 cm³/mol. The Labute approximate surface area is 239 Å². The molecule has 5 nitrogen and oxygen atoms in total. The van der Waals surface area contributed by atoms with Crippen LogP contribution in [0.5, 0.6) is 0 Å². The van der Waals surface area contributed by atoms with Crippen molar-refractivity contribution in [3.05, 3.63) is 0 Å². The quantitative estimate of drug-likeness (QED) is 0.0793. The number of nitrogens with one attached hydrogen (secondary N) is 1.